The molecular weight excluding hydrogens is 262 g/mol. The van der Waals surface area contributed by atoms with Gasteiger partial charge in [-0.05, 0) is 30.7 Å². The molecule has 5 heteroatoms. The van der Waals surface area contributed by atoms with Gasteiger partial charge in [-0.3, -0.25) is 4.98 Å². The largest absolute Gasteiger partial charge is 0.351 e. The lowest BCUT2D eigenvalue weighted by molar-refractivity contribution is 0.777. The minimum atomic E-state index is 0.401. The third kappa shape index (κ3) is 4.02. The second-order valence-electron chi connectivity index (χ2n) is 4.66. The second kappa shape index (κ2) is 7.02. The summed E-state index contributed by atoms with van der Waals surface area (Å²) in [5, 5.41) is 17.9. The van der Waals surface area contributed by atoms with Gasteiger partial charge in [-0.1, -0.05) is 6.07 Å². The van der Waals surface area contributed by atoms with E-state index in [0.29, 0.717) is 30.9 Å². The molecule has 2 aromatic rings. The Morgan fingerprint density at radius 3 is 2.81 bits per heavy atom. The lowest BCUT2D eigenvalue weighted by Gasteiger charge is -2.23. The Balaban J connectivity index is 2.30. The summed E-state index contributed by atoms with van der Waals surface area (Å²) < 4.78 is 0. The first-order valence-electron chi connectivity index (χ1n) is 6.62. The number of pyridine rings is 2. The monoisotopic (exact) mass is 277 g/mol. The number of hydrogen-bond acceptors (Lipinski definition) is 5. The van der Waals surface area contributed by atoms with E-state index in [1.807, 2.05) is 24.0 Å². The number of aryl methyl sites for hydroxylation is 1. The number of rotatable bonds is 5. The van der Waals surface area contributed by atoms with Crippen LogP contribution in [-0.2, 0) is 6.54 Å². The van der Waals surface area contributed by atoms with Crippen LogP contribution in [0.1, 0.15) is 23.2 Å². The maximum atomic E-state index is 9.08. The molecule has 0 spiro atoms. The highest BCUT2D eigenvalue weighted by Crippen LogP contribution is 2.17. The van der Waals surface area contributed by atoms with Gasteiger partial charge >= 0.3 is 0 Å². The van der Waals surface area contributed by atoms with Crippen LogP contribution in [-0.4, -0.2) is 16.5 Å². The summed E-state index contributed by atoms with van der Waals surface area (Å²) in [5.74, 6) is 0.714. The molecule has 0 saturated heterocycles. The molecule has 0 bridgehead atoms. The molecule has 0 unspecified atom stereocenters. The molecule has 0 N–H and O–H groups in total. The molecule has 2 heterocycles. The summed E-state index contributed by atoms with van der Waals surface area (Å²) >= 11 is 0. The molecule has 0 aliphatic heterocycles. The summed E-state index contributed by atoms with van der Waals surface area (Å²) in [4.78, 5) is 10.6. The maximum Gasteiger partial charge on any atom is 0.130 e. The topological polar surface area (TPSA) is 76.6 Å². The number of nitriles is 2. The maximum absolute atomic E-state index is 9.08. The zero-order valence-corrected chi connectivity index (χ0v) is 11.8. The van der Waals surface area contributed by atoms with Crippen LogP contribution < -0.4 is 4.90 Å². The van der Waals surface area contributed by atoms with Crippen LogP contribution >= 0.6 is 0 Å². The van der Waals surface area contributed by atoms with Gasteiger partial charge in [0.2, 0.25) is 0 Å². The molecule has 21 heavy (non-hydrogen) atoms. The third-order valence-electron chi connectivity index (χ3n) is 2.98. The van der Waals surface area contributed by atoms with Crippen LogP contribution in [0.5, 0.6) is 0 Å². The van der Waals surface area contributed by atoms with Gasteiger partial charge < -0.3 is 4.90 Å². The average Bonchev–Trinajstić information content (AvgIpc) is 2.51. The Bertz CT molecular complexity index is 682. The first-order chi connectivity index (χ1) is 10.2. The van der Waals surface area contributed by atoms with E-state index >= 15 is 0 Å². The SMILES string of the molecule is Cc1cc(C#N)cc(N(CCC#N)Cc2cccnc2)n1. The molecule has 0 aromatic carbocycles. The fraction of sp³-hybridized carbons (Fsp3) is 0.250. The zero-order chi connectivity index (χ0) is 15.1. The molecule has 0 atom stereocenters. The van der Waals surface area contributed by atoms with Gasteiger partial charge in [0.1, 0.15) is 5.82 Å². The first-order valence-corrected chi connectivity index (χ1v) is 6.62. The van der Waals surface area contributed by atoms with Gasteiger partial charge in [0, 0.05) is 31.2 Å². The van der Waals surface area contributed by atoms with Crippen molar-refractivity contribution in [2.45, 2.75) is 19.9 Å². The van der Waals surface area contributed by atoms with E-state index in [1.165, 1.54) is 0 Å². The van der Waals surface area contributed by atoms with E-state index in [9.17, 15) is 0 Å². The van der Waals surface area contributed by atoms with Gasteiger partial charge in [-0.15, -0.1) is 0 Å². The van der Waals surface area contributed by atoms with Crippen molar-refractivity contribution in [1.82, 2.24) is 9.97 Å². The molecule has 0 amide bonds. The van der Waals surface area contributed by atoms with Crippen molar-refractivity contribution in [1.29, 1.82) is 10.5 Å². The lowest BCUT2D eigenvalue weighted by atomic mass is 10.2. The predicted molar refractivity (Wildman–Crippen MR) is 79.2 cm³/mol. The van der Waals surface area contributed by atoms with E-state index in [4.69, 9.17) is 10.5 Å². The normalized spacial score (nSPS) is 9.67. The fourth-order valence-electron chi connectivity index (χ4n) is 2.05. The molecule has 104 valence electrons. The summed E-state index contributed by atoms with van der Waals surface area (Å²) in [7, 11) is 0. The Kier molecular flexibility index (Phi) is 4.84. The van der Waals surface area contributed by atoms with Gasteiger partial charge in [0.25, 0.3) is 0 Å². The average molecular weight is 277 g/mol. The van der Waals surface area contributed by atoms with Crippen molar-refractivity contribution in [3.05, 3.63) is 53.5 Å². The van der Waals surface area contributed by atoms with E-state index in [1.54, 1.807) is 24.5 Å². The summed E-state index contributed by atoms with van der Waals surface area (Å²) in [6.07, 6.45) is 3.92. The highest BCUT2D eigenvalue weighted by atomic mass is 15.2. The van der Waals surface area contributed by atoms with Crippen molar-refractivity contribution in [3.63, 3.8) is 0 Å². The van der Waals surface area contributed by atoms with Crippen molar-refractivity contribution in [2.24, 2.45) is 0 Å². The Hall–Kier alpha value is -2.92. The van der Waals surface area contributed by atoms with Crippen molar-refractivity contribution in [2.75, 3.05) is 11.4 Å². The van der Waals surface area contributed by atoms with Crippen LogP contribution in [0.3, 0.4) is 0 Å². The van der Waals surface area contributed by atoms with Crippen molar-refractivity contribution in [3.8, 4) is 12.1 Å². The molecule has 0 aliphatic rings. The minimum Gasteiger partial charge on any atom is -0.351 e. The molecule has 0 fully saturated rings. The molecule has 2 aromatic heterocycles. The molecule has 5 nitrogen and oxygen atoms in total. The van der Waals surface area contributed by atoms with E-state index in [0.717, 1.165) is 11.3 Å². The fourth-order valence-corrected chi connectivity index (χ4v) is 2.05. The summed E-state index contributed by atoms with van der Waals surface area (Å²) in [6, 6.07) is 11.6. The first kappa shape index (κ1) is 14.5. The molecule has 0 saturated carbocycles. The van der Waals surface area contributed by atoms with Gasteiger partial charge in [-0.2, -0.15) is 10.5 Å². The van der Waals surface area contributed by atoms with Crippen LogP contribution in [0.2, 0.25) is 0 Å². The van der Waals surface area contributed by atoms with Gasteiger partial charge in [0.05, 0.1) is 24.1 Å². The number of hydrogen-bond donors (Lipinski definition) is 0. The van der Waals surface area contributed by atoms with E-state index in [-0.39, 0.29) is 0 Å². The van der Waals surface area contributed by atoms with Crippen LogP contribution in [0.15, 0.2) is 36.7 Å². The summed E-state index contributed by atoms with van der Waals surface area (Å²) in [5.41, 5.74) is 2.40. The van der Waals surface area contributed by atoms with Crippen molar-refractivity contribution >= 4 is 5.82 Å². The van der Waals surface area contributed by atoms with Gasteiger partial charge in [0.15, 0.2) is 0 Å². The second-order valence-corrected chi connectivity index (χ2v) is 4.66. The Morgan fingerprint density at radius 1 is 1.29 bits per heavy atom. The van der Waals surface area contributed by atoms with Crippen LogP contribution in [0.25, 0.3) is 0 Å². The third-order valence-corrected chi connectivity index (χ3v) is 2.98. The standard InChI is InChI=1S/C16H15N5/c1-13-8-15(10-18)9-16(20-13)21(7-3-5-17)12-14-4-2-6-19-11-14/h2,4,6,8-9,11H,3,7,12H2,1H3. The summed E-state index contributed by atoms with van der Waals surface area (Å²) in [6.45, 7) is 3.03. The Morgan fingerprint density at radius 2 is 2.14 bits per heavy atom. The number of anilines is 1. The smallest absolute Gasteiger partial charge is 0.130 e. The molecule has 0 radical (unpaired) electrons. The van der Waals surface area contributed by atoms with Crippen molar-refractivity contribution < 1.29 is 0 Å². The molecular formula is C16H15N5. The lowest BCUT2D eigenvalue weighted by Crippen LogP contribution is -2.25. The van der Waals surface area contributed by atoms with Crippen LogP contribution in [0.4, 0.5) is 5.82 Å². The van der Waals surface area contributed by atoms with E-state index < -0.39 is 0 Å². The zero-order valence-electron chi connectivity index (χ0n) is 11.8. The number of aromatic nitrogens is 2. The predicted octanol–water partition coefficient (Wildman–Crippen LogP) is 2.58. The minimum absolute atomic E-state index is 0.401. The number of nitrogens with zero attached hydrogens (tertiary/aromatic N) is 5. The van der Waals surface area contributed by atoms with Crippen LogP contribution in [0, 0.1) is 29.6 Å². The quantitative estimate of drug-likeness (QED) is 0.839. The molecule has 2 rings (SSSR count). The Labute approximate surface area is 124 Å². The van der Waals surface area contributed by atoms with E-state index in [2.05, 4.69) is 22.1 Å². The highest BCUT2D eigenvalue weighted by molar-refractivity contribution is 5.47. The van der Waals surface area contributed by atoms with Gasteiger partial charge in [-0.25, -0.2) is 4.98 Å². The molecule has 0 aliphatic carbocycles. The highest BCUT2D eigenvalue weighted by Gasteiger charge is 2.10.